The number of azo groups is 1. The Morgan fingerprint density at radius 3 is 2.31 bits per heavy atom. The number of benzene rings is 2. The number of rotatable bonds is 5. The van der Waals surface area contributed by atoms with Gasteiger partial charge in [0.1, 0.15) is 5.76 Å². The Morgan fingerprint density at radius 2 is 1.69 bits per heavy atom. The highest BCUT2D eigenvalue weighted by Crippen LogP contribution is 2.20. The minimum atomic E-state index is -0.715. The third-order valence-electron chi connectivity index (χ3n) is 3.08. The summed E-state index contributed by atoms with van der Waals surface area (Å²) in [5, 5.41) is 22.4. The lowest BCUT2D eigenvalue weighted by Gasteiger charge is -2.06. The van der Waals surface area contributed by atoms with Crippen LogP contribution in [0.25, 0.3) is 0 Å². The number of amides is 3. The van der Waals surface area contributed by atoms with Crippen LogP contribution in [0, 0.1) is 0 Å². The maximum absolute atomic E-state index is 12.3. The molecule has 2 aromatic rings. The number of nitrogens with one attached hydrogen (secondary N) is 2. The number of hydrogen-bond donors (Lipinski definition) is 5. The fourth-order valence-electron chi connectivity index (χ4n) is 1.98. The summed E-state index contributed by atoms with van der Waals surface area (Å²) in [4.78, 5) is 23.2. The van der Waals surface area contributed by atoms with Crippen LogP contribution in [0.1, 0.15) is 6.92 Å². The van der Waals surface area contributed by atoms with Gasteiger partial charge in [0.2, 0.25) is 0 Å². The predicted molar refractivity (Wildman–Crippen MR) is 99.0 cm³/mol. The molecule has 0 radical (unpaired) electrons. The number of nitrogen functional groups attached to an aromatic ring is 1. The number of anilines is 3. The number of nitrogens with two attached hydrogens (primary N) is 2. The molecule has 0 atom stereocenters. The van der Waals surface area contributed by atoms with Crippen molar-refractivity contribution in [1.29, 1.82) is 0 Å². The lowest BCUT2D eigenvalue weighted by Crippen LogP contribution is -2.19. The minimum Gasteiger partial charge on any atom is -0.510 e. The summed E-state index contributed by atoms with van der Waals surface area (Å²) in [5.41, 5.74) is 12.2. The Balaban J connectivity index is 2.18. The molecule has 0 spiro atoms. The molecule has 0 saturated carbocycles. The molecule has 2 rings (SSSR count). The van der Waals surface area contributed by atoms with Crippen LogP contribution in [0.4, 0.5) is 27.5 Å². The van der Waals surface area contributed by atoms with Gasteiger partial charge in [-0.2, -0.15) is 5.11 Å². The highest BCUT2D eigenvalue weighted by atomic mass is 16.3. The summed E-state index contributed by atoms with van der Waals surface area (Å²) in [5.74, 6) is -0.952. The molecule has 0 aromatic heterocycles. The van der Waals surface area contributed by atoms with Crippen LogP contribution in [0.3, 0.4) is 0 Å². The fraction of sp³-hybridized carbons (Fsp3) is 0.0588. The normalized spacial score (nSPS) is 11.7. The van der Waals surface area contributed by atoms with E-state index in [2.05, 4.69) is 20.9 Å². The van der Waals surface area contributed by atoms with Crippen LogP contribution in [-0.4, -0.2) is 17.0 Å². The van der Waals surface area contributed by atoms with E-state index in [0.29, 0.717) is 22.7 Å². The van der Waals surface area contributed by atoms with Crippen LogP contribution in [0.5, 0.6) is 0 Å². The molecule has 3 amide bonds. The second-order valence-electron chi connectivity index (χ2n) is 5.25. The van der Waals surface area contributed by atoms with E-state index < -0.39 is 11.9 Å². The first-order valence-electron chi connectivity index (χ1n) is 7.50. The number of hydrogen-bond acceptors (Lipinski definition) is 6. The van der Waals surface area contributed by atoms with Gasteiger partial charge >= 0.3 is 6.03 Å². The van der Waals surface area contributed by atoms with Crippen LogP contribution < -0.4 is 22.1 Å². The van der Waals surface area contributed by atoms with Crippen molar-refractivity contribution in [3.8, 4) is 0 Å². The molecule has 0 saturated heterocycles. The Morgan fingerprint density at radius 1 is 1.04 bits per heavy atom. The molecule has 0 fully saturated rings. The maximum Gasteiger partial charge on any atom is 0.316 e. The largest absolute Gasteiger partial charge is 0.510 e. The summed E-state index contributed by atoms with van der Waals surface area (Å²) < 4.78 is 0. The zero-order chi connectivity index (χ0) is 19.1. The van der Waals surface area contributed by atoms with Gasteiger partial charge in [0.05, 0.1) is 5.69 Å². The quantitative estimate of drug-likeness (QED) is 0.242. The van der Waals surface area contributed by atoms with E-state index in [1.54, 1.807) is 42.5 Å². The van der Waals surface area contributed by atoms with Gasteiger partial charge in [-0.1, -0.05) is 12.1 Å². The lowest BCUT2D eigenvalue weighted by molar-refractivity contribution is -0.113. The number of carbonyl (C=O) groups excluding carboxylic acids is 2. The Labute approximate surface area is 149 Å². The van der Waals surface area contributed by atoms with Gasteiger partial charge in [0, 0.05) is 17.1 Å². The van der Waals surface area contributed by atoms with Gasteiger partial charge in [0.25, 0.3) is 5.91 Å². The Kier molecular flexibility index (Phi) is 5.88. The summed E-state index contributed by atoms with van der Waals surface area (Å²) in [6.07, 6.45) is 0. The van der Waals surface area contributed by atoms with Crippen LogP contribution in [-0.2, 0) is 4.79 Å². The average Bonchev–Trinajstić information content (AvgIpc) is 2.54. The summed E-state index contributed by atoms with van der Waals surface area (Å²) in [6, 6.07) is 12.2. The van der Waals surface area contributed by atoms with E-state index >= 15 is 0 Å². The van der Waals surface area contributed by atoms with Gasteiger partial charge in [-0.05, 0) is 43.3 Å². The lowest BCUT2D eigenvalue weighted by atomic mass is 10.2. The molecule has 26 heavy (non-hydrogen) atoms. The fourth-order valence-corrected chi connectivity index (χ4v) is 1.98. The number of primary amides is 1. The number of nitrogens with zero attached hydrogens (tertiary/aromatic N) is 2. The SMILES string of the molecule is CC(O)=C(N=Nc1cccc(NC(N)=O)c1)C(=O)Nc1cccc(N)c1. The molecule has 0 bridgehead atoms. The predicted octanol–water partition coefficient (Wildman–Crippen LogP) is 3.27. The smallest absolute Gasteiger partial charge is 0.316 e. The van der Waals surface area contributed by atoms with Gasteiger partial charge in [-0.3, -0.25) is 4.79 Å². The maximum atomic E-state index is 12.3. The van der Waals surface area contributed by atoms with Crippen molar-refractivity contribution in [2.45, 2.75) is 6.92 Å². The van der Waals surface area contributed by atoms with E-state index in [-0.39, 0.29) is 11.5 Å². The van der Waals surface area contributed by atoms with E-state index in [4.69, 9.17) is 11.5 Å². The van der Waals surface area contributed by atoms with Crippen molar-refractivity contribution in [3.05, 3.63) is 60.0 Å². The highest BCUT2D eigenvalue weighted by Gasteiger charge is 2.13. The Bertz CT molecular complexity index is 888. The van der Waals surface area contributed by atoms with Gasteiger partial charge in [0.15, 0.2) is 5.70 Å². The third-order valence-corrected chi connectivity index (χ3v) is 3.08. The second kappa shape index (κ2) is 8.29. The summed E-state index contributed by atoms with van der Waals surface area (Å²) >= 11 is 0. The van der Waals surface area contributed by atoms with Crippen LogP contribution >= 0.6 is 0 Å². The van der Waals surface area contributed by atoms with Gasteiger partial charge in [-0.15, -0.1) is 5.11 Å². The van der Waals surface area contributed by atoms with Crippen molar-refractivity contribution in [1.82, 2.24) is 0 Å². The first-order valence-corrected chi connectivity index (χ1v) is 7.50. The highest BCUT2D eigenvalue weighted by molar-refractivity contribution is 6.03. The number of aliphatic hydroxyl groups is 1. The van der Waals surface area contributed by atoms with Crippen molar-refractivity contribution in [2.75, 3.05) is 16.4 Å². The second-order valence-corrected chi connectivity index (χ2v) is 5.25. The first-order chi connectivity index (χ1) is 12.3. The number of aliphatic hydroxyl groups excluding tert-OH is 1. The molecule has 9 nitrogen and oxygen atoms in total. The monoisotopic (exact) mass is 354 g/mol. The average molecular weight is 354 g/mol. The van der Waals surface area contributed by atoms with E-state index in [0.717, 1.165) is 0 Å². The molecule has 0 aliphatic heterocycles. The molecule has 0 heterocycles. The molecule has 0 aliphatic rings. The first kappa shape index (κ1) is 18.5. The van der Waals surface area contributed by atoms with Crippen LogP contribution in [0.2, 0.25) is 0 Å². The van der Waals surface area contributed by atoms with Gasteiger partial charge < -0.3 is 27.2 Å². The van der Waals surface area contributed by atoms with Gasteiger partial charge in [-0.25, -0.2) is 4.79 Å². The molecule has 7 N–H and O–H groups in total. The van der Waals surface area contributed by atoms with E-state index in [9.17, 15) is 14.7 Å². The zero-order valence-corrected chi connectivity index (χ0v) is 13.9. The van der Waals surface area contributed by atoms with Crippen molar-refractivity contribution < 1.29 is 14.7 Å². The molecule has 9 heteroatoms. The zero-order valence-electron chi connectivity index (χ0n) is 13.9. The molecule has 0 unspecified atom stereocenters. The molecule has 0 aliphatic carbocycles. The molecular weight excluding hydrogens is 336 g/mol. The molecule has 2 aromatic carbocycles. The van der Waals surface area contributed by atoms with Crippen molar-refractivity contribution in [3.63, 3.8) is 0 Å². The minimum absolute atomic E-state index is 0.263. The Hall–Kier alpha value is -3.88. The molecule has 134 valence electrons. The number of carbonyl (C=O) groups is 2. The van der Waals surface area contributed by atoms with Crippen LogP contribution in [0.15, 0.2) is 70.2 Å². The van der Waals surface area contributed by atoms with Crippen molar-refractivity contribution >= 4 is 34.7 Å². The third kappa shape index (κ3) is 5.34. The van der Waals surface area contributed by atoms with Crippen molar-refractivity contribution in [2.24, 2.45) is 16.0 Å². The number of allylic oxidation sites excluding steroid dienone is 1. The summed E-state index contributed by atoms with van der Waals surface area (Å²) in [6.45, 7) is 1.32. The molecular formula is C17H18N6O3. The number of urea groups is 1. The van der Waals surface area contributed by atoms with E-state index in [1.807, 2.05) is 0 Å². The van der Waals surface area contributed by atoms with E-state index in [1.165, 1.54) is 13.0 Å². The topological polar surface area (TPSA) is 155 Å². The summed E-state index contributed by atoms with van der Waals surface area (Å²) in [7, 11) is 0. The standard InChI is InChI=1S/C17H18N6O3/c1-10(24)15(16(25)20-12-5-2-4-11(18)8-12)23-22-14-7-3-6-13(9-14)21-17(19)26/h2-9,24H,18H2,1H3,(H,20,25)(H3,19,21,26).